The zero-order valence-corrected chi connectivity index (χ0v) is 14.2. The average Bonchev–Trinajstić information content (AvgIpc) is 2.94. The van der Waals surface area contributed by atoms with Crippen LogP contribution in [0.25, 0.3) is 0 Å². The van der Waals surface area contributed by atoms with Crippen molar-refractivity contribution in [1.29, 1.82) is 0 Å². The van der Waals surface area contributed by atoms with Gasteiger partial charge in [0.25, 0.3) is 0 Å². The van der Waals surface area contributed by atoms with Crippen LogP contribution in [-0.2, 0) is 22.4 Å². The van der Waals surface area contributed by atoms with Gasteiger partial charge in [-0.15, -0.1) is 0 Å². The molecule has 1 heterocycles. The summed E-state index contributed by atoms with van der Waals surface area (Å²) < 4.78 is 0. The van der Waals surface area contributed by atoms with Gasteiger partial charge in [-0.1, -0.05) is 38.1 Å². The first-order valence-corrected chi connectivity index (χ1v) is 8.68. The van der Waals surface area contributed by atoms with Crippen molar-refractivity contribution in [2.75, 3.05) is 6.54 Å². The molecule has 124 valence electrons. The lowest BCUT2D eigenvalue weighted by molar-refractivity contribution is -0.151. The Hall–Kier alpha value is -1.84. The predicted octanol–water partition coefficient (Wildman–Crippen LogP) is 2.16. The zero-order valence-electron chi connectivity index (χ0n) is 14.2. The molecule has 0 saturated carbocycles. The van der Waals surface area contributed by atoms with Crippen molar-refractivity contribution < 1.29 is 9.59 Å². The summed E-state index contributed by atoms with van der Waals surface area (Å²) in [6.07, 6.45) is 2.47. The Balaban J connectivity index is 1.78. The van der Waals surface area contributed by atoms with Gasteiger partial charge in [-0.25, -0.2) is 0 Å². The summed E-state index contributed by atoms with van der Waals surface area (Å²) in [4.78, 5) is 27.3. The number of nitrogens with one attached hydrogen (secondary N) is 1. The van der Waals surface area contributed by atoms with E-state index in [0.717, 1.165) is 19.3 Å². The number of rotatable bonds is 4. The van der Waals surface area contributed by atoms with Crippen molar-refractivity contribution in [3.8, 4) is 0 Å². The van der Waals surface area contributed by atoms with E-state index in [4.69, 9.17) is 0 Å². The first-order chi connectivity index (χ1) is 11.0. The number of benzene rings is 1. The van der Waals surface area contributed by atoms with Crippen molar-refractivity contribution in [3.05, 3.63) is 35.4 Å². The molecule has 1 saturated heterocycles. The van der Waals surface area contributed by atoms with Crippen molar-refractivity contribution in [2.45, 2.75) is 52.1 Å². The van der Waals surface area contributed by atoms with Gasteiger partial charge in [0, 0.05) is 6.54 Å². The van der Waals surface area contributed by atoms with E-state index >= 15 is 0 Å². The number of carbonyl (C=O) groups is 2. The summed E-state index contributed by atoms with van der Waals surface area (Å²) in [7, 11) is 0. The van der Waals surface area contributed by atoms with Gasteiger partial charge in [0.05, 0.1) is 0 Å². The minimum Gasteiger partial charge on any atom is -0.342 e. The molecule has 0 aromatic heterocycles. The van der Waals surface area contributed by atoms with Gasteiger partial charge >= 0.3 is 0 Å². The normalized spacial score (nSPS) is 25.0. The van der Waals surface area contributed by atoms with Gasteiger partial charge in [-0.3, -0.25) is 9.59 Å². The number of fused-ring (bicyclic) bond motifs is 1. The van der Waals surface area contributed by atoms with E-state index < -0.39 is 0 Å². The van der Waals surface area contributed by atoms with Crippen molar-refractivity contribution in [2.24, 2.45) is 11.8 Å². The minimum absolute atomic E-state index is 0.0149. The lowest BCUT2D eigenvalue weighted by Crippen LogP contribution is -2.65. The van der Waals surface area contributed by atoms with Gasteiger partial charge in [0.1, 0.15) is 12.1 Å². The van der Waals surface area contributed by atoms with Crippen LogP contribution in [0.4, 0.5) is 0 Å². The summed E-state index contributed by atoms with van der Waals surface area (Å²) in [5, 5.41) is 3.03. The molecule has 4 heteroatoms. The summed E-state index contributed by atoms with van der Waals surface area (Å²) in [6, 6.07) is 7.65. The molecule has 1 aliphatic heterocycles. The largest absolute Gasteiger partial charge is 0.342 e. The monoisotopic (exact) mass is 314 g/mol. The van der Waals surface area contributed by atoms with E-state index in [1.165, 1.54) is 11.1 Å². The van der Waals surface area contributed by atoms with E-state index in [9.17, 15) is 9.59 Å². The van der Waals surface area contributed by atoms with E-state index in [0.29, 0.717) is 12.5 Å². The van der Waals surface area contributed by atoms with Crippen molar-refractivity contribution in [1.82, 2.24) is 10.2 Å². The fraction of sp³-hybridized carbons (Fsp3) is 0.579. The Kier molecular flexibility index (Phi) is 4.42. The molecule has 2 aliphatic rings. The number of hydrogen-bond donors (Lipinski definition) is 1. The Labute approximate surface area is 138 Å². The highest BCUT2D eigenvalue weighted by atomic mass is 16.2. The molecule has 2 amide bonds. The Morgan fingerprint density at radius 3 is 2.30 bits per heavy atom. The number of amides is 2. The third kappa shape index (κ3) is 2.99. The summed E-state index contributed by atoms with van der Waals surface area (Å²) >= 11 is 0. The molecule has 4 nitrogen and oxygen atoms in total. The smallest absolute Gasteiger partial charge is 0.246 e. The summed E-state index contributed by atoms with van der Waals surface area (Å²) in [5.41, 5.74) is 2.62. The van der Waals surface area contributed by atoms with Gasteiger partial charge in [0.2, 0.25) is 11.8 Å². The van der Waals surface area contributed by atoms with Crippen LogP contribution in [0.3, 0.4) is 0 Å². The maximum Gasteiger partial charge on any atom is 0.246 e. The average molecular weight is 314 g/mol. The van der Waals surface area contributed by atoms with Crippen LogP contribution >= 0.6 is 0 Å². The molecule has 0 spiro atoms. The van der Waals surface area contributed by atoms with E-state index in [1.54, 1.807) is 4.90 Å². The van der Waals surface area contributed by atoms with Crippen LogP contribution < -0.4 is 5.32 Å². The van der Waals surface area contributed by atoms with E-state index in [2.05, 4.69) is 31.3 Å². The number of hydrogen-bond acceptors (Lipinski definition) is 2. The van der Waals surface area contributed by atoms with Crippen LogP contribution in [0.2, 0.25) is 0 Å². The minimum atomic E-state index is -0.377. The highest BCUT2D eigenvalue weighted by Crippen LogP contribution is 2.31. The topological polar surface area (TPSA) is 49.4 Å². The van der Waals surface area contributed by atoms with Crippen molar-refractivity contribution in [3.63, 3.8) is 0 Å². The lowest BCUT2D eigenvalue weighted by Gasteiger charge is -2.41. The molecule has 23 heavy (non-hydrogen) atoms. The SMILES string of the molecule is CCN1C(=O)[C@@H](C2Cc3ccccc3C2)NC(=O)[C@H]1CC(C)C. The third-order valence-electron chi connectivity index (χ3n) is 5.12. The molecular formula is C19H26N2O2. The number of carbonyl (C=O) groups excluding carboxylic acids is 2. The fourth-order valence-electron chi connectivity index (χ4n) is 3.99. The summed E-state index contributed by atoms with van der Waals surface area (Å²) in [6.45, 7) is 6.74. The number of nitrogens with zero attached hydrogens (tertiary/aromatic N) is 1. The second kappa shape index (κ2) is 6.34. The second-order valence-corrected chi connectivity index (χ2v) is 7.19. The molecule has 1 N–H and O–H groups in total. The quantitative estimate of drug-likeness (QED) is 0.926. The highest BCUT2D eigenvalue weighted by molar-refractivity contribution is 5.97. The second-order valence-electron chi connectivity index (χ2n) is 7.19. The Morgan fingerprint density at radius 1 is 1.17 bits per heavy atom. The molecule has 0 bridgehead atoms. The molecule has 1 fully saturated rings. The molecule has 1 aromatic rings. The lowest BCUT2D eigenvalue weighted by atomic mass is 9.90. The van der Waals surface area contributed by atoms with Gasteiger partial charge in [-0.2, -0.15) is 0 Å². The van der Waals surface area contributed by atoms with E-state index in [-0.39, 0.29) is 29.8 Å². The molecule has 2 atom stereocenters. The predicted molar refractivity (Wildman–Crippen MR) is 89.9 cm³/mol. The van der Waals surface area contributed by atoms with Crippen LogP contribution in [0, 0.1) is 11.8 Å². The Morgan fingerprint density at radius 2 is 1.78 bits per heavy atom. The maximum absolute atomic E-state index is 12.9. The van der Waals surface area contributed by atoms with Crippen LogP contribution in [0.15, 0.2) is 24.3 Å². The highest BCUT2D eigenvalue weighted by Gasteiger charge is 2.44. The van der Waals surface area contributed by atoms with Gasteiger partial charge < -0.3 is 10.2 Å². The standard InChI is InChI=1S/C19H26N2O2/c1-4-21-16(9-12(2)3)18(22)20-17(19(21)23)15-10-13-7-5-6-8-14(13)11-15/h5-8,12,15-17H,4,9-11H2,1-3H3,(H,20,22)/t16-,17-/m1/s1. The number of piperazine rings is 1. The molecule has 3 rings (SSSR count). The molecule has 0 unspecified atom stereocenters. The summed E-state index contributed by atoms with van der Waals surface area (Å²) in [5.74, 6) is 0.675. The molecular weight excluding hydrogens is 288 g/mol. The van der Waals surface area contributed by atoms with Gasteiger partial charge in [0.15, 0.2) is 0 Å². The van der Waals surface area contributed by atoms with Gasteiger partial charge in [-0.05, 0) is 49.1 Å². The maximum atomic E-state index is 12.9. The first kappa shape index (κ1) is 16.0. The molecule has 0 radical (unpaired) electrons. The van der Waals surface area contributed by atoms with Crippen LogP contribution in [0.5, 0.6) is 0 Å². The first-order valence-electron chi connectivity index (χ1n) is 8.68. The number of likely N-dealkylation sites (N-methyl/N-ethyl adjacent to an activating group) is 1. The van der Waals surface area contributed by atoms with Crippen LogP contribution in [-0.4, -0.2) is 35.3 Å². The van der Waals surface area contributed by atoms with E-state index in [1.807, 2.05) is 19.1 Å². The molecule has 1 aromatic carbocycles. The van der Waals surface area contributed by atoms with Crippen molar-refractivity contribution >= 4 is 11.8 Å². The molecule has 1 aliphatic carbocycles. The Bertz CT molecular complexity index is 586. The fourth-order valence-corrected chi connectivity index (χ4v) is 3.99. The zero-order chi connectivity index (χ0) is 16.6. The third-order valence-corrected chi connectivity index (χ3v) is 5.12. The van der Waals surface area contributed by atoms with Crippen LogP contribution in [0.1, 0.15) is 38.3 Å².